The number of allylic oxidation sites excluding steroid dienone is 1. The predicted molar refractivity (Wildman–Crippen MR) is 92.8 cm³/mol. The van der Waals surface area contributed by atoms with E-state index in [1.54, 1.807) is 35.9 Å². The van der Waals surface area contributed by atoms with Crippen LogP contribution in [0.2, 0.25) is 5.02 Å². The van der Waals surface area contributed by atoms with Gasteiger partial charge >= 0.3 is 0 Å². The molecule has 24 heavy (non-hydrogen) atoms. The van der Waals surface area contributed by atoms with Gasteiger partial charge in [0.15, 0.2) is 11.6 Å². The molecule has 0 aliphatic heterocycles. The minimum Gasteiger partial charge on any atom is -0.507 e. The lowest BCUT2D eigenvalue weighted by atomic mass is 10.2. The highest BCUT2D eigenvalue weighted by atomic mass is 35.5. The van der Waals surface area contributed by atoms with Crippen LogP contribution in [0.3, 0.4) is 0 Å². The molecule has 5 nitrogen and oxygen atoms in total. The summed E-state index contributed by atoms with van der Waals surface area (Å²) in [5.74, 6) is 0.773. The molecule has 3 aromatic rings. The zero-order valence-electron chi connectivity index (χ0n) is 12.9. The first kappa shape index (κ1) is 15.9. The van der Waals surface area contributed by atoms with Gasteiger partial charge in [-0.25, -0.2) is 4.98 Å². The van der Waals surface area contributed by atoms with Crippen molar-refractivity contribution >= 4 is 28.2 Å². The fourth-order valence-corrected chi connectivity index (χ4v) is 2.49. The number of imidazole rings is 1. The van der Waals surface area contributed by atoms with Crippen LogP contribution < -0.4 is 4.74 Å². The van der Waals surface area contributed by atoms with Gasteiger partial charge in [0, 0.05) is 12.1 Å². The number of aliphatic hydroxyl groups is 1. The van der Waals surface area contributed by atoms with E-state index in [4.69, 9.17) is 16.3 Å². The molecule has 2 aromatic carbocycles. The molecule has 3 rings (SSSR count). The van der Waals surface area contributed by atoms with Crippen molar-refractivity contribution in [2.24, 2.45) is 7.05 Å². The molecule has 0 bridgehead atoms. The van der Waals surface area contributed by atoms with Gasteiger partial charge in [0.1, 0.15) is 24.0 Å². The Bertz CT molecular complexity index is 953. The van der Waals surface area contributed by atoms with Crippen molar-refractivity contribution in [1.82, 2.24) is 9.55 Å². The van der Waals surface area contributed by atoms with Gasteiger partial charge in [-0.2, -0.15) is 5.26 Å². The molecule has 0 fully saturated rings. The summed E-state index contributed by atoms with van der Waals surface area (Å²) in [6.07, 6.45) is 0. The molecular formula is C18H14ClN3O2. The molecule has 0 spiro atoms. The second-order valence-electron chi connectivity index (χ2n) is 5.16. The van der Waals surface area contributed by atoms with Crippen LogP contribution in [0, 0.1) is 11.3 Å². The Balaban J connectivity index is 1.90. The number of aromatic nitrogens is 2. The average molecular weight is 340 g/mol. The maximum absolute atomic E-state index is 10.3. The topological polar surface area (TPSA) is 71.1 Å². The van der Waals surface area contributed by atoms with Gasteiger partial charge in [0.2, 0.25) is 0 Å². The summed E-state index contributed by atoms with van der Waals surface area (Å²) in [5.41, 5.74) is 1.73. The van der Waals surface area contributed by atoms with Crippen molar-refractivity contribution in [1.29, 1.82) is 5.26 Å². The van der Waals surface area contributed by atoms with Gasteiger partial charge in [0.25, 0.3) is 0 Å². The van der Waals surface area contributed by atoms with Crippen LogP contribution in [0.15, 0.2) is 54.3 Å². The Morgan fingerprint density at radius 2 is 1.96 bits per heavy atom. The monoisotopic (exact) mass is 339 g/mol. The molecule has 1 heterocycles. The Labute approximate surface area is 144 Å². The van der Waals surface area contributed by atoms with Gasteiger partial charge in [-0.05, 0) is 36.4 Å². The highest BCUT2D eigenvalue weighted by Gasteiger charge is 2.16. The summed E-state index contributed by atoms with van der Waals surface area (Å²) in [7, 11) is 1.80. The predicted octanol–water partition coefficient (Wildman–Crippen LogP) is 4.10. The fraction of sp³-hybridized carbons (Fsp3) is 0.111. The van der Waals surface area contributed by atoms with Crippen molar-refractivity contribution in [3.05, 3.63) is 65.1 Å². The van der Waals surface area contributed by atoms with Crippen LogP contribution in [-0.2, 0) is 7.05 Å². The third-order valence-corrected chi connectivity index (χ3v) is 3.85. The molecule has 1 N–H and O–H groups in total. The number of halogens is 1. The highest BCUT2D eigenvalue weighted by molar-refractivity contribution is 6.30. The highest BCUT2D eigenvalue weighted by Crippen LogP contribution is 2.22. The number of ether oxygens (including phenoxy) is 1. The zero-order chi connectivity index (χ0) is 17.1. The van der Waals surface area contributed by atoms with E-state index in [2.05, 4.69) is 4.98 Å². The smallest absolute Gasteiger partial charge is 0.155 e. The lowest BCUT2D eigenvalue weighted by Crippen LogP contribution is -2.06. The SMILES string of the molecule is Cn1c(C(C#N)=C(O)COc2ccc(Cl)cc2)nc2ccccc21. The third-order valence-electron chi connectivity index (χ3n) is 3.60. The van der Waals surface area contributed by atoms with Gasteiger partial charge < -0.3 is 14.4 Å². The van der Waals surface area contributed by atoms with Gasteiger partial charge in [0.05, 0.1) is 11.0 Å². The number of para-hydroxylation sites is 2. The van der Waals surface area contributed by atoms with E-state index in [1.165, 1.54) is 0 Å². The number of rotatable bonds is 4. The summed E-state index contributed by atoms with van der Waals surface area (Å²) in [4.78, 5) is 4.42. The van der Waals surface area contributed by atoms with Crippen LogP contribution in [-0.4, -0.2) is 21.3 Å². The summed E-state index contributed by atoms with van der Waals surface area (Å²) in [6, 6.07) is 16.3. The van der Waals surface area contributed by atoms with E-state index in [1.807, 2.05) is 30.3 Å². The summed E-state index contributed by atoms with van der Waals surface area (Å²) in [5, 5.41) is 20.3. The number of hydrogen-bond acceptors (Lipinski definition) is 4. The van der Waals surface area contributed by atoms with Crippen molar-refractivity contribution in [2.45, 2.75) is 0 Å². The van der Waals surface area contributed by atoms with E-state index in [0.29, 0.717) is 16.6 Å². The van der Waals surface area contributed by atoms with Crippen molar-refractivity contribution in [2.75, 3.05) is 6.61 Å². The molecule has 0 aliphatic carbocycles. The quantitative estimate of drug-likeness (QED) is 0.574. The first-order valence-electron chi connectivity index (χ1n) is 7.22. The van der Waals surface area contributed by atoms with E-state index < -0.39 is 0 Å². The first-order valence-corrected chi connectivity index (χ1v) is 7.60. The van der Waals surface area contributed by atoms with Crippen LogP contribution in [0.25, 0.3) is 16.6 Å². The summed E-state index contributed by atoms with van der Waals surface area (Å²) in [6.45, 7) is -0.131. The number of nitriles is 1. The maximum Gasteiger partial charge on any atom is 0.155 e. The van der Waals surface area contributed by atoms with E-state index in [0.717, 1.165) is 11.0 Å². The molecule has 0 saturated heterocycles. The molecule has 0 unspecified atom stereocenters. The fourth-order valence-electron chi connectivity index (χ4n) is 2.37. The van der Waals surface area contributed by atoms with E-state index >= 15 is 0 Å². The van der Waals surface area contributed by atoms with Crippen molar-refractivity contribution in [3.63, 3.8) is 0 Å². The molecule has 0 saturated carbocycles. The second-order valence-corrected chi connectivity index (χ2v) is 5.60. The number of nitrogens with zero attached hydrogens (tertiary/aromatic N) is 3. The van der Waals surface area contributed by atoms with Crippen LogP contribution in [0.4, 0.5) is 0 Å². The molecular weight excluding hydrogens is 326 g/mol. The lowest BCUT2D eigenvalue weighted by molar-refractivity contribution is 0.272. The molecule has 6 heteroatoms. The van der Waals surface area contributed by atoms with Crippen LogP contribution >= 0.6 is 11.6 Å². The maximum atomic E-state index is 10.3. The number of fused-ring (bicyclic) bond motifs is 1. The average Bonchev–Trinajstić information content (AvgIpc) is 2.92. The Morgan fingerprint density at radius 1 is 1.25 bits per heavy atom. The third kappa shape index (κ3) is 3.05. The van der Waals surface area contributed by atoms with Crippen molar-refractivity contribution in [3.8, 4) is 11.8 Å². The van der Waals surface area contributed by atoms with Gasteiger partial charge in [-0.1, -0.05) is 23.7 Å². The minimum atomic E-state index is -0.175. The normalized spacial score (nSPS) is 11.9. The van der Waals surface area contributed by atoms with Gasteiger partial charge in [-0.15, -0.1) is 0 Å². The standard InChI is InChI=1S/C18H14ClN3O2/c1-22-16-5-3-2-4-15(16)21-18(22)14(10-20)17(23)11-24-13-8-6-12(19)7-9-13/h2-9,23H,11H2,1H3. The van der Waals surface area contributed by atoms with Crippen LogP contribution in [0.5, 0.6) is 5.75 Å². The summed E-state index contributed by atoms with van der Waals surface area (Å²) >= 11 is 5.82. The number of hydrogen-bond donors (Lipinski definition) is 1. The first-order chi connectivity index (χ1) is 11.6. The minimum absolute atomic E-state index is 0.0858. The Hall–Kier alpha value is -2.97. The molecule has 1 aromatic heterocycles. The van der Waals surface area contributed by atoms with Gasteiger partial charge in [-0.3, -0.25) is 0 Å². The number of aliphatic hydroxyl groups excluding tert-OH is 1. The Morgan fingerprint density at radius 3 is 2.62 bits per heavy atom. The molecule has 0 aliphatic rings. The van der Waals surface area contributed by atoms with Crippen molar-refractivity contribution < 1.29 is 9.84 Å². The second kappa shape index (κ2) is 6.65. The number of aryl methyl sites for hydroxylation is 1. The lowest BCUT2D eigenvalue weighted by Gasteiger charge is -2.08. The largest absolute Gasteiger partial charge is 0.507 e. The molecule has 120 valence electrons. The van der Waals surface area contributed by atoms with Crippen LogP contribution in [0.1, 0.15) is 5.82 Å². The number of benzene rings is 2. The van der Waals surface area contributed by atoms with E-state index in [9.17, 15) is 10.4 Å². The zero-order valence-corrected chi connectivity index (χ0v) is 13.7. The summed E-state index contributed by atoms with van der Waals surface area (Å²) < 4.78 is 7.26. The molecule has 0 amide bonds. The molecule has 0 atom stereocenters. The Kier molecular flexibility index (Phi) is 4.41. The molecule has 0 radical (unpaired) electrons. The van der Waals surface area contributed by atoms with E-state index in [-0.39, 0.29) is 17.9 Å².